The van der Waals surface area contributed by atoms with Gasteiger partial charge in [-0.3, -0.25) is 4.79 Å². The second-order valence-electron chi connectivity index (χ2n) is 10.9. The summed E-state index contributed by atoms with van der Waals surface area (Å²) in [6.45, 7) is 7.23. The van der Waals surface area contributed by atoms with Gasteiger partial charge in [0.15, 0.2) is 0 Å². The zero-order chi connectivity index (χ0) is 30.8. The number of halogens is 6. The summed E-state index contributed by atoms with van der Waals surface area (Å²) in [4.78, 5) is 18.2. The van der Waals surface area contributed by atoms with Crippen molar-refractivity contribution in [1.82, 2.24) is 5.32 Å². The van der Waals surface area contributed by atoms with Crippen molar-refractivity contribution in [2.45, 2.75) is 57.5 Å². The Bertz CT molecular complexity index is 1610. The van der Waals surface area contributed by atoms with E-state index < -0.39 is 37.0 Å². The van der Waals surface area contributed by atoms with Crippen LogP contribution in [0.3, 0.4) is 0 Å². The van der Waals surface area contributed by atoms with Crippen molar-refractivity contribution in [3.8, 4) is 0 Å². The minimum atomic E-state index is -4.86. The van der Waals surface area contributed by atoms with Crippen LogP contribution in [0, 0.1) is 6.92 Å². The Labute approximate surface area is 255 Å². The molecule has 1 unspecified atom stereocenters. The molecule has 42 heavy (non-hydrogen) atoms. The summed E-state index contributed by atoms with van der Waals surface area (Å²) >= 11 is 18.0. The summed E-state index contributed by atoms with van der Waals surface area (Å²) in [7, 11) is -1.06. The van der Waals surface area contributed by atoms with Crippen LogP contribution in [0.1, 0.15) is 71.4 Å². The molecule has 6 nitrogen and oxygen atoms in total. The van der Waals surface area contributed by atoms with Crippen molar-refractivity contribution in [3.63, 3.8) is 0 Å². The van der Waals surface area contributed by atoms with Crippen LogP contribution in [0.5, 0.6) is 0 Å². The minimum Gasteiger partial charge on any atom is -0.423 e. The Morgan fingerprint density at radius 2 is 1.76 bits per heavy atom. The summed E-state index contributed by atoms with van der Waals surface area (Å²) in [5, 5.41) is 16.7. The molecule has 0 saturated heterocycles. The fraction of sp³-hybridized carbons (Fsp3) is 0.310. The maximum Gasteiger partial charge on any atom is 0.492 e. The molecular formula is C29H25BCl3F3N2O4. The van der Waals surface area contributed by atoms with Gasteiger partial charge in [-0.15, -0.1) is 0 Å². The molecule has 0 spiro atoms. The minimum absolute atomic E-state index is 0.0415. The first-order valence-corrected chi connectivity index (χ1v) is 14.1. The van der Waals surface area contributed by atoms with Gasteiger partial charge in [-0.2, -0.15) is 13.2 Å². The number of rotatable bonds is 5. The van der Waals surface area contributed by atoms with E-state index in [0.29, 0.717) is 22.2 Å². The third-order valence-corrected chi connectivity index (χ3v) is 8.88. The highest BCUT2D eigenvalue weighted by Gasteiger charge is 2.62. The van der Waals surface area contributed by atoms with Gasteiger partial charge in [-0.05, 0) is 79.7 Å². The third kappa shape index (κ3) is 5.28. The zero-order valence-corrected chi connectivity index (χ0v) is 25.1. The molecule has 2 aliphatic heterocycles. The Kier molecular flexibility index (Phi) is 7.86. The van der Waals surface area contributed by atoms with Crippen LogP contribution in [0.25, 0.3) is 0 Å². The fourth-order valence-electron chi connectivity index (χ4n) is 5.31. The molecule has 13 heteroatoms. The molecule has 5 rings (SSSR count). The molecule has 0 radical (unpaired) electrons. The highest BCUT2D eigenvalue weighted by atomic mass is 35.5. The molecule has 2 atom stereocenters. The number of amides is 1. The summed E-state index contributed by atoms with van der Waals surface area (Å²) in [6, 6.07) is 11.9. The van der Waals surface area contributed by atoms with Crippen LogP contribution in [-0.2, 0) is 20.7 Å². The molecule has 0 aromatic heterocycles. The van der Waals surface area contributed by atoms with Gasteiger partial charge in [0, 0.05) is 17.5 Å². The number of oxime groups is 1. The lowest BCUT2D eigenvalue weighted by atomic mass is 9.77. The molecule has 0 fully saturated rings. The van der Waals surface area contributed by atoms with Crippen LogP contribution >= 0.6 is 34.8 Å². The topological polar surface area (TPSA) is 80.2 Å². The van der Waals surface area contributed by atoms with E-state index in [4.69, 9.17) is 44.3 Å². The first kappa shape index (κ1) is 30.7. The molecule has 2 N–H and O–H groups in total. The number of benzene rings is 3. The van der Waals surface area contributed by atoms with E-state index >= 15 is 0 Å². The molecule has 220 valence electrons. The van der Waals surface area contributed by atoms with E-state index in [1.807, 2.05) is 39.0 Å². The predicted molar refractivity (Wildman–Crippen MR) is 157 cm³/mol. The van der Waals surface area contributed by atoms with Gasteiger partial charge in [0.25, 0.3) is 11.5 Å². The molecule has 2 aliphatic rings. The van der Waals surface area contributed by atoms with E-state index in [-0.39, 0.29) is 32.3 Å². The van der Waals surface area contributed by atoms with Crippen molar-refractivity contribution in [3.05, 3.63) is 97.0 Å². The molecule has 2 heterocycles. The van der Waals surface area contributed by atoms with Crippen molar-refractivity contribution in [1.29, 1.82) is 0 Å². The van der Waals surface area contributed by atoms with Gasteiger partial charge in [0.05, 0.1) is 32.4 Å². The van der Waals surface area contributed by atoms with Gasteiger partial charge in [-0.25, -0.2) is 0 Å². The Hall–Kier alpha value is -2.76. The van der Waals surface area contributed by atoms with Gasteiger partial charge in [-0.1, -0.05) is 64.2 Å². The van der Waals surface area contributed by atoms with E-state index in [0.717, 1.165) is 23.3 Å². The summed E-state index contributed by atoms with van der Waals surface area (Å²) in [6.07, 6.45) is -5.50. The number of fused-ring (bicyclic) bond motifs is 1. The van der Waals surface area contributed by atoms with Crippen LogP contribution in [-0.4, -0.2) is 29.9 Å². The summed E-state index contributed by atoms with van der Waals surface area (Å²) in [5.74, 6) is -0.371. The van der Waals surface area contributed by atoms with Crippen molar-refractivity contribution in [2.24, 2.45) is 5.16 Å². The highest BCUT2D eigenvalue weighted by Crippen LogP contribution is 2.50. The van der Waals surface area contributed by atoms with Crippen molar-refractivity contribution in [2.75, 3.05) is 0 Å². The smallest absolute Gasteiger partial charge is 0.423 e. The van der Waals surface area contributed by atoms with E-state index in [9.17, 15) is 23.0 Å². The van der Waals surface area contributed by atoms with Crippen molar-refractivity contribution < 1.29 is 32.5 Å². The number of carbonyl (C=O) groups excluding carboxylic acids is 1. The first-order valence-electron chi connectivity index (χ1n) is 12.9. The maximum absolute atomic E-state index is 14.4. The monoisotopic (exact) mass is 638 g/mol. The lowest BCUT2D eigenvalue weighted by Gasteiger charge is -2.30. The van der Waals surface area contributed by atoms with Gasteiger partial charge in [0.1, 0.15) is 0 Å². The van der Waals surface area contributed by atoms with E-state index in [1.54, 1.807) is 13.0 Å². The number of alkyl halides is 3. The SMILES string of the molecule is Cc1cc(C2=NO[C@@](c3cc(Cl)c(Cl)c(Cl)c3)(C(F)(F)F)C2)ccc1C(=O)NC(C)c1ccc2c(c1)B(O)OC2(C)C. The average molecular weight is 640 g/mol. The van der Waals surface area contributed by atoms with Gasteiger partial charge >= 0.3 is 13.3 Å². The standard InChI is InChI=1S/C29H25BCl3F3N2O4/c1-14-9-17(24-13-28(42-38-24,29(34,35)36)18-11-22(31)25(33)23(32)12-18)5-7-19(14)26(39)37-15(2)16-6-8-20-21(10-16)30(40)41-27(20,3)4/h5-12,15,40H,13H2,1-4H3,(H,37,39)/t15?,28-/m0/s1. The van der Waals surface area contributed by atoms with Crippen LogP contribution in [0.4, 0.5) is 13.2 Å². The molecule has 1 amide bonds. The molecule has 0 saturated carbocycles. The van der Waals surface area contributed by atoms with Gasteiger partial charge in [0.2, 0.25) is 0 Å². The maximum atomic E-state index is 14.4. The molecule has 3 aromatic carbocycles. The molecular weight excluding hydrogens is 614 g/mol. The molecule has 3 aromatic rings. The van der Waals surface area contributed by atoms with Crippen LogP contribution in [0.15, 0.2) is 53.7 Å². The quantitative estimate of drug-likeness (QED) is 0.233. The van der Waals surface area contributed by atoms with Crippen LogP contribution in [0.2, 0.25) is 15.1 Å². The van der Waals surface area contributed by atoms with E-state index in [1.165, 1.54) is 12.1 Å². The summed E-state index contributed by atoms with van der Waals surface area (Å²) < 4.78 is 48.8. The zero-order valence-electron chi connectivity index (χ0n) is 22.9. The van der Waals surface area contributed by atoms with Crippen LogP contribution < -0.4 is 10.8 Å². The normalized spacial score (nSPS) is 20.2. The lowest BCUT2D eigenvalue weighted by Crippen LogP contribution is -2.42. The number of nitrogens with one attached hydrogen (secondary N) is 1. The molecule has 0 aliphatic carbocycles. The Morgan fingerprint density at radius 1 is 1.10 bits per heavy atom. The van der Waals surface area contributed by atoms with E-state index in [2.05, 4.69) is 10.5 Å². The first-order chi connectivity index (χ1) is 19.5. The number of hydrogen-bond acceptors (Lipinski definition) is 5. The van der Waals surface area contributed by atoms with Gasteiger partial charge < -0.3 is 19.8 Å². The largest absolute Gasteiger partial charge is 0.492 e. The number of aryl methyl sites for hydroxylation is 1. The molecule has 0 bridgehead atoms. The lowest BCUT2D eigenvalue weighted by molar-refractivity contribution is -0.275. The average Bonchev–Trinajstić information content (AvgIpc) is 3.46. The Morgan fingerprint density at radius 3 is 2.38 bits per heavy atom. The Balaban J connectivity index is 1.35. The second kappa shape index (κ2) is 10.8. The fourth-order valence-corrected chi connectivity index (χ4v) is 5.91. The third-order valence-electron chi connectivity index (χ3n) is 7.68. The predicted octanol–water partition coefficient (Wildman–Crippen LogP) is 6.98. The van der Waals surface area contributed by atoms with Crippen molar-refractivity contribution >= 4 is 59.0 Å². The second-order valence-corrected chi connectivity index (χ2v) is 12.1. The number of carbonyl (C=O) groups is 1. The number of nitrogens with zero attached hydrogens (tertiary/aromatic N) is 1. The summed E-state index contributed by atoms with van der Waals surface area (Å²) in [5.41, 5.74) is -0.189. The number of hydrogen-bond donors (Lipinski definition) is 2. The highest BCUT2D eigenvalue weighted by molar-refractivity contribution is 6.62.